The summed E-state index contributed by atoms with van der Waals surface area (Å²) in [6, 6.07) is 56.4. The smallest absolute Gasteiger partial charge is 0.0515 e. The Morgan fingerprint density at radius 1 is 0.302 bits per heavy atom. The standard InChI is InChI=1S/C40H25I3/c41-28-19-13-25(14-20-28)38-31-7-1-2-8-32(31)39(26-15-21-29(42)22-16-26)35-11-5-6-12-36(35)40(37(38)39,27-17-23-30(43)24-18-27)34-10-4-3-9-33(34)38/h1-24,37H. The van der Waals surface area contributed by atoms with Crippen molar-refractivity contribution >= 4 is 67.8 Å². The van der Waals surface area contributed by atoms with Gasteiger partial charge in [0.15, 0.2) is 0 Å². The van der Waals surface area contributed by atoms with Crippen molar-refractivity contribution in [2.45, 2.75) is 16.2 Å². The molecule has 206 valence electrons. The van der Waals surface area contributed by atoms with Crippen LogP contribution in [0.2, 0.25) is 0 Å². The minimum absolute atomic E-state index is 0.167. The topological polar surface area (TPSA) is 0 Å². The van der Waals surface area contributed by atoms with Crippen LogP contribution in [0.5, 0.6) is 0 Å². The lowest BCUT2D eigenvalue weighted by molar-refractivity contribution is 0.289. The van der Waals surface area contributed by atoms with E-state index in [4.69, 9.17) is 0 Å². The Morgan fingerprint density at radius 3 is 0.721 bits per heavy atom. The number of halogens is 3. The predicted octanol–water partition coefficient (Wildman–Crippen LogP) is 10.5. The van der Waals surface area contributed by atoms with Crippen LogP contribution in [-0.4, -0.2) is 0 Å². The molecular weight excluding hydrogens is 861 g/mol. The Bertz CT molecular complexity index is 1750. The second kappa shape index (κ2) is 9.51. The minimum atomic E-state index is -0.345. The van der Waals surface area contributed by atoms with Gasteiger partial charge in [-0.05, 0) is 154 Å². The Labute approximate surface area is 293 Å². The highest BCUT2D eigenvalue weighted by molar-refractivity contribution is 14.1. The molecule has 0 radical (unpaired) electrons. The Hall–Kier alpha value is -2.49. The van der Waals surface area contributed by atoms with E-state index in [1.807, 2.05) is 0 Å². The first-order valence-electron chi connectivity index (χ1n) is 14.6. The average Bonchev–Trinajstić information content (AvgIpc) is 3.60. The lowest BCUT2D eigenvalue weighted by Crippen LogP contribution is -2.45. The first-order valence-corrected chi connectivity index (χ1v) is 17.9. The quantitative estimate of drug-likeness (QED) is 0.155. The number of fused-ring (bicyclic) bond motifs is 9. The summed E-state index contributed by atoms with van der Waals surface area (Å²) in [5.74, 6) is 0.167. The van der Waals surface area contributed by atoms with Crippen LogP contribution >= 0.6 is 67.8 Å². The second-order valence-corrected chi connectivity index (χ2v) is 15.8. The molecule has 0 aliphatic heterocycles. The molecule has 43 heavy (non-hydrogen) atoms. The molecule has 0 unspecified atom stereocenters. The van der Waals surface area contributed by atoms with Gasteiger partial charge in [0.1, 0.15) is 0 Å². The van der Waals surface area contributed by atoms with Gasteiger partial charge in [0, 0.05) is 16.6 Å². The molecule has 3 aliphatic rings. The van der Waals surface area contributed by atoms with Crippen LogP contribution < -0.4 is 0 Å². The van der Waals surface area contributed by atoms with Gasteiger partial charge in [0.25, 0.3) is 0 Å². The highest BCUT2D eigenvalue weighted by atomic mass is 127. The highest BCUT2D eigenvalue weighted by Crippen LogP contribution is 2.80. The van der Waals surface area contributed by atoms with E-state index >= 15 is 0 Å². The maximum Gasteiger partial charge on any atom is 0.0515 e. The number of hydrogen-bond donors (Lipinski definition) is 0. The fraction of sp³-hybridized carbons (Fsp3) is 0.100. The van der Waals surface area contributed by atoms with Crippen LogP contribution in [0.1, 0.15) is 50.1 Å². The predicted molar refractivity (Wildman–Crippen MR) is 200 cm³/mol. The van der Waals surface area contributed by atoms with Gasteiger partial charge in [-0.3, -0.25) is 0 Å². The van der Waals surface area contributed by atoms with Gasteiger partial charge in [0.05, 0.1) is 16.2 Å². The third-order valence-electron chi connectivity index (χ3n) is 10.5. The molecule has 9 rings (SSSR count). The van der Waals surface area contributed by atoms with E-state index in [0.717, 1.165) is 0 Å². The molecule has 0 fully saturated rings. The molecule has 0 amide bonds. The monoisotopic (exact) mass is 886 g/mol. The largest absolute Gasteiger partial charge is 0.0619 e. The van der Waals surface area contributed by atoms with Gasteiger partial charge < -0.3 is 0 Å². The SMILES string of the molecule is Ic1ccc(C23c4ccccc4C4(c5ccc(I)cc5)c5ccccc5C(c5ccc(I)cc5)(c5ccccc52)C34)cc1. The number of benzene rings is 6. The van der Waals surface area contributed by atoms with Crippen molar-refractivity contribution in [2.24, 2.45) is 5.92 Å². The zero-order valence-electron chi connectivity index (χ0n) is 23.1. The second-order valence-electron chi connectivity index (χ2n) is 12.0. The van der Waals surface area contributed by atoms with E-state index in [2.05, 4.69) is 213 Å². The summed E-state index contributed by atoms with van der Waals surface area (Å²) in [6.07, 6.45) is 0. The molecule has 0 N–H and O–H groups in total. The zero-order valence-corrected chi connectivity index (χ0v) is 29.5. The van der Waals surface area contributed by atoms with Gasteiger partial charge in [-0.2, -0.15) is 0 Å². The molecule has 0 saturated heterocycles. The van der Waals surface area contributed by atoms with Crippen molar-refractivity contribution in [1.82, 2.24) is 0 Å². The molecule has 6 aromatic rings. The summed E-state index contributed by atoms with van der Waals surface area (Å²) in [6.45, 7) is 0. The van der Waals surface area contributed by atoms with Crippen LogP contribution in [0, 0.1) is 16.6 Å². The minimum Gasteiger partial charge on any atom is -0.0619 e. The summed E-state index contributed by atoms with van der Waals surface area (Å²) in [4.78, 5) is 0. The van der Waals surface area contributed by atoms with E-state index in [0.29, 0.717) is 0 Å². The fourth-order valence-electron chi connectivity index (χ4n) is 9.43. The maximum absolute atomic E-state index is 2.45. The van der Waals surface area contributed by atoms with Crippen molar-refractivity contribution in [3.8, 4) is 0 Å². The van der Waals surface area contributed by atoms with E-state index < -0.39 is 0 Å². The third-order valence-corrected chi connectivity index (χ3v) is 12.7. The van der Waals surface area contributed by atoms with Gasteiger partial charge in [-0.25, -0.2) is 0 Å². The Kier molecular flexibility index (Phi) is 5.94. The Balaban J connectivity index is 1.57. The molecule has 0 bridgehead atoms. The van der Waals surface area contributed by atoms with E-state index in [-0.39, 0.29) is 22.2 Å². The molecule has 0 saturated carbocycles. The zero-order chi connectivity index (χ0) is 29.0. The molecule has 0 atom stereocenters. The molecule has 3 heteroatoms. The lowest BCUT2D eigenvalue weighted by atomic mass is 9.56. The molecule has 0 nitrogen and oxygen atoms in total. The van der Waals surface area contributed by atoms with Gasteiger partial charge in [0.2, 0.25) is 0 Å². The fourth-order valence-corrected chi connectivity index (χ4v) is 10.5. The number of hydrogen-bond acceptors (Lipinski definition) is 0. The van der Waals surface area contributed by atoms with E-state index in [1.54, 1.807) is 0 Å². The van der Waals surface area contributed by atoms with E-state index in [1.165, 1.54) is 60.8 Å². The molecule has 0 spiro atoms. The van der Waals surface area contributed by atoms with Crippen LogP contribution in [0.25, 0.3) is 0 Å². The van der Waals surface area contributed by atoms with Gasteiger partial charge in [-0.15, -0.1) is 0 Å². The Morgan fingerprint density at radius 2 is 0.512 bits per heavy atom. The normalized spacial score (nSPS) is 25.6. The van der Waals surface area contributed by atoms with Crippen molar-refractivity contribution in [2.75, 3.05) is 0 Å². The van der Waals surface area contributed by atoms with Crippen molar-refractivity contribution in [3.63, 3.8) is 0 Å². The lowest BCUT2D eigenvalue weighted by Gasteiger charge is -2.43. The van der Waals surface area contributed by atoms with Crippen LogP contribution in [0.3, 0.4) is 0 Å². The third kappa shape index (κ3) is 3.17. The summed E-state index contributed by atoms with van der Waals surface area (Å²) in [7, 11) is 0. The van der Waals surface area contributed by atoms with Crippen molar-refractivity contribution in [3.05, 3.63) is 206 Å². The van der Waals surface area contributed by atoms with Crippen molar-refractivity contribution in [1.29, 1.82) is 0 Å². The van der Waals surface area contributed by atoms with Gasteiger partial charge in [-0.1, -0.05) is 109 Å². The summed E-state index contributed by atoms with van der Waals surface area (Å²) >= 11 is 7.34. The first-order chi connectivity index (χ1) is 21.0. The highest BCUT2D eigenvalue weighted by Gasteiger charge is 2.78. The maximum atomic E-state index is 2.45. The summed E-state index contributed by atoms with van der Waals surface area (Å²) in [5.41, 5.74) is 11.7. The summed E-state index contributed by atoms with van der Waals surface area (Å²) < 4.78 is 3.79. The molecule has 3 aliphatic carbocycles. The van der Waals surface area contributed by atoms with Crippen LogP contribution in [0.4, 0.5) is 0 Å². The molecule has 0 heterocycles. The van der Waals surface area contributed by atoms with E-state index in [9.17, 15) is 0 Å². The van der Waals surface area contributed by atoms with Crippen LogP contribution in [0.15, 0.2) is 146 Å². The summed E-state index contributed by atoms with van der Waals surface area (Å²) in [5, 5.41) is 0. The number of rotatable bonds is 3. The first kappa shape index (κ1) is 26.9. The molecule has 0 aromatic heterocycles. The van der Waals surface area contributed by atoms with Gasteiger partial charge >= 0.3 is 0 Å². The average molecular weight is 886 g/mol. The molecular formula is C40H25I3. The van der Waals surface area contributed by atoms with Crippen molar-refractivity contribution < 1.29 is 0 Å². The van der Waals surface area contributed by atoms with Crippen LogP contribution in [-0.2, 0) is 16.2 Å². The molecule has 6 aromatic carbocycles.